The number of rotatable bonds is 44. The molecule has 4 aromatic carbocycles. The van der Waals surface area contributed by atoms with Crippen molar-refractivity contribution in [2.75, 3.05) is 45.8 Å². The van der Waals surface area contributed by atoms with Gasteiger partial charge in [0.2, 0.25) is 0 Å². The van der Waals surface area contributed by atoms with E-state index in [-0.39, 0.29) is 0 Å². The Kier molecular flexibility index (Phi) is 38.9. The van der Waals surface area contributed by atoms with E-state index < -0.39 is 46.8 Å². The molecule has 112 heavy (non-hydrogen) atoms. The van der Waals surface area contributed by atoms with Gasteiger partial charge in [-0.1, -0.05) is 305 Å². The smallest absolute Gasteiger partial charge is 0.299 e. The normalized spacial score (nSPS) is 13.8. The lowest BCUT2D eigenvalue weighted by Crippen LogP contribution is -2.30. The van der Waals surface area contributed by atoms with Gasteiger partial charge in [0, 0.05) is 106 Å². The van der Waals surface area contributed by atoms with Crippen molar-refractivity contribution in [3.8, 4) is 0 Å². The third kappa shape index (κ3) is 23.5. The summed E-state index contributed by atoms with van der Waals surface area (Å²) in [4.78, 5) is 106. The van der Waals surface area contributed by atoms with Crippen LogP contribution in [-0.4, -0.2) is 72.9 Å². The Morgan fingerprint density at radius 2 is 0.402 bits per heavy atom. The van der Waals surface area contributed by atoms with Gasteiger partial charge in [0.15, 0.2) is 0 Å². The lowest BCUT2D eigenvalue weighted by Gasteiger charge is -2.18. The van der Waals surface area contributed by atoms with Crippen LogP contribution in [0.5, 0.6) is 0 Å². The number of unbranched alkanes of at least 4 members (excludes halogenated alkanes) is 36. The number of hydrogen-bond acceptors (Lipinski definition) is 12. The van der Waals surface area contributed by atoms with Gasteiger partial charge in [0.1, 0.15) is 0 Å². The van der Waals surface area contributed by atoms with E-state index in [9.17, 15) is 38.4 Å². The number of halogens is 8. The van der Waals surface area contributed by atoms with Crippen LogP contribution < -0.4 is 19.6 Å². The first kappa shape index (κ1) is 92.2. The van der Waals surface area contributed by atoms with E-state index in [1.807, 2.05) is 45.8 Å². The van der Waals surface area contributed by atoms with E-state index in [0.29, 0.717) is 91.3 Å². The van der Waals surface area contributed by atoms with Crippen LogP contribution in [0.1, 0.15) is 326 Å². The fraction of sp³-hybridized carbons (Fsp3) is 0.545. The molecule has 12 rings (SSSR count). The van der Waals surface area contributed by atoms with Gasteiger partial charge in [-0.3, -0.25) is 38.4 Å². The molecule has 0 atom stereocenters. The fourth-order valence-electron chi connectivity index (χ4n) is 15.4. The number of nitrogens with zero attached hydrogens (tertiary/aromatic N) is 4. The summed E-state index contributed by atoms with van der Waals surface area (Å²) in [6, 6.07) is 7.24. The monoisotopic (exact) mass is 1930 g/mol. The van der Waals surface area contributed by atoms with Gasteiger partial charge in [0.25, 0.3) is 46.8 Å². The molecule has 0 saturated carbocycles. The Bertz CT molecular complexity index is 4020. The summed E-state index contributed by atoms with van der Waals surface area (Å²) in [5.74, 6) is -3.51. The van der Waals surface area contributed by atoms with Gasteiger partial charge >= 0.3 is 0 Å². The maximum Gasteiger partial charge on any atom is 0.299 e. The molecule has 0 radical (unpaired) electrons. The standard InChI is InChI=1S/4C22H27BrClNO2S/c4*1-2-3-4-5-6-7-8-9-10-11-12-25-20-15(21(26)22(25)27)13-17-18(19(20)24)16(23)14-28-17/h4*13-14H,2-12H2,1H3. The average molecular weight is 1940 g/mol. The first-order valence-corrected chi connectivity index (χ1v) is 49.5. The van der Waals surface area contributed by atoms with Crippen LogP contribution in [0.2, 0.25) is 20.1 Å². The highest BCUT2D eigenvalue weighted by Crippen LogP contribution is 2.51. The number of amides is 4. The van der Waals surface area contributed by atoms with Crippen LogP contribution >= 0.6 is 155 Å². The second-order valence-corrected chi connectivity index (χ2v) is 38.6. The topological polar surface area (TPSA) is 150 Å². The molecule has 0 saturated heterocycles. The molecule has 0 fully saturated rings. The summed E-state index contributed by atoms with van der Waals surface area (Å²) < 4.78 is 7.35. The van der Waals surface area contributed by atoms with Crippen LogP contribution in [0.3, 0.4) is 0 Å². The Balaban J connectivity index is 0.000000171. The van der Waals surface area contributed by atoms with Crippen molar-refractivity contribution in [1.29, 1.82) is 0 Å². The van der Waals surface area contributed by atoms with E-state index in [0.717, 1.165) is 110 Å². The number of anilines is 4. The average Bonchev–Trinajstić information content (AvgIpc) is 1.61. The van der Waals surface area contributed by atoms with E-state index in [4.69, 9.17) is 46.4 Å². The van der Waals surface area contributed by atoms with Gasteiger partial charge in [0.05, 0.1) is 65.1 Å². The first-order chi connectivity index (χ1) is 54.2. The van der Waals surface area contributed by atoms with Gasteiger partial charge in [-0.15, -0.1) is 45.3 Å². The Hall–Kier alpha value is -3.64. The van der Waals surface area contributed by atoms with Gasteiger partial charge in [-0.05, 0) is 114 Å². The molecule has 4 aliphatic rings. The van der Waals surface area contributed by atoms with Crippen LogP contribution in [-0.2, 0) is 19.2 Å². The zero-order chi connectivity index (χ0) is 80.4. The number of hydrogen-bond donors (Lipinski definition) is 0. The zero-order valence-electron chi connectivity index (χ0n) is 65.4. The van der Waals surface area contributed by atoms with Crippen molar-refractivity contribution in [2.24, 2.45) is 0 Å². The molecule has 0 aliphatic carbocycles. The van der Waals surface area contributed by atoms with Crippen LogP contribution in [0.4, 0.5) is 22.7 Å². The largest absolute Gasteiger partial charge is 0.303 e. The van der Waals surface area contributed by atoms with Crippen molar-refractivity contribution in [1.82, 2.24) is 0 Å². The quantitative estimate of drug-likeness (QED) is 0.0271. The third-order valence-electron chi connectivity index (χ3n) is 21.7. The van der Waals surface area contributed by atoms with Crippen LogP contribution in [0, 0.1) is 0 Å². The minimum Gasteiger partial charge on any atom is -0.303 e. The van der Waals surface area contributed by atoms with Crippen molar-refractivity contribution in [3.63, 3.8) is 0 Å². The second-order valence-electron chi connectivity index (χ2n) is 30.0. The molecule has 8 aromatic rings. The zero-order valence-corrected chi connectivity index (χ0v) is 78.1. The van der Waals surface area contributed by atoms with Crippen molar-refractivity contribution in [2.45, 2.75) is 285 Å². The number of thiophene rings is 4. The number of Topliss-reactive ketones (excluding diaryl/α,β-unsaturated/α-hetero) is 4. The molecule has 8 heterocycles. The minimum atomic E-state index is -0.443. The van der Waals surface area contributed by atoms with Crippen molar-refractivity contribution < 1.29 is 38.4 Å². The highest BCUT2D eigenvalue weighted by molar-refractivity contribution is 9.11. The molecular weight excluding hydrogens is 1830 g/mol. The molecule has 0 N–H and O–H groups in total. The highest BCUT2D eigenvalue weighted by atomic mass is 79.9. The highest BCUT2D eigenvalue weighted by Gasteiger charge is 2.43. The third-order valence-corrected chi connectivity index (χ3v) is 30.6. The molecule has 0 unspecified atom stereocenters. The van der Waals surface area contributed by atoms with E-state index in [1.54, 1.807) is 19.6 Å². The lowest BCUT2D eigenvalue weighted by molar-refractivity contribution is -0.114. The number of carbonyl (C=O) groups excluding carboxylic acids is 8. The molecule has 4 amide bonds. The van der Waals surface area contributed by atoms with Crippen molar-refractivity contribution in [3.05, 3.63) is 106 Å². The number of fused-ring (bicyclic) bond motifs is 8. The predicted molar refractivity (Wildman–Crippen MR) is 492 cm³/mol. The fourth-order valence-corrected chi connectivity index (χ4v) is 24.5. The summed E-state index contributed by atoms with van der Waals surface area (Å²) in [6.07, 6.45) is 49.5. The SMILES string of the molecule is CCCCCCCCCCCCN1C(=O)C(=O)c2cc3scc(Br)c3c(Cl)c21.CCCCCCCCCCCCN1C(=O)C(=O)c2cc3scc(Br)c3c(Cl)c21.CCCCCCCCCCCCN1C(=O)C(=O)c2cc3scc(Br)c3c(Cl)c21.CCCCCCCCCCCCN1C(=O)C(=O)c2cc3scc(Br)c3c(Cl)c21. The Morgan fingerprint density at radius 3 is 0.562 bits per heavy atom. The minimum absolute atomic E-state index is 0.435. The van der Waals surface area contributed by atoms with Crippen LogP contribution in [0.15, 0.2) is 63.7 Å². The van der Waals surface area contributed by atoms with E-state index in [1.165, 1.54) is 251 Å². The second kappa shape index (κ2) is 47.2. The lowest BCUT2D eigenvalue weighted by atomic mass is 10.1. The van der Waals surface area contributed by atoms with Gasteiger partial charge in [-0.25, -0.2) is 0 Å². The molecule has 4 aromatic heterocycles. The summed E-state index contributed by atoms with van der Waals surface area (Å²) in [5, 5.41) is 13.4. The predicted octanol–water partition coefficient (Wildman–Crippen LogP) is 31.1. The molecular formula is C88H108Br4Cl4N4O8S4. The van der Waals surface area contributed by atoms with Gasteiger partial charge < -0.3 is 19.6 Å². The van der Waals surface area contributed by atoms with E-state index >= 15 is 0 Å². The number of carbonyl (C=O) groups is 8. The first-order valence-electron chi connectivity index (χ1n) is 41.3. The summed E-state index contributed by atoms with van der Waals surface area (Å²) in [5.41, 5.74) is 4.18. The molecule has 608 valence electrons. The molecule has 12 nitrogen and oxygen atoms in total. The van der Waals surface area contributed by atoms with E-state index in [2.05, 4.69) is 91.4 Å². The summed E-state index contributed by atoms with van der Waals surface area (Å²) in [7, 11) is 0. The summed E-state index contributed by atoms with van der Waals surface area (Å²) in [6.45, 7) is 11.2. The Labute approximate surface area is 732 Å². The number of ketones is 4. The maximum absolute atomic E-state index is 12.5. The molecule has 24 heteroatoms. The maximum atomic E-state index is 12.5. The van der Waals surface area contributed by atoms with Gasteiger partial charge in [-0.2, -0.15) is 0 Å². The van der Waals surface area contributed by atoms with Crippen molar-refractivity contribution >= 4 is 265 Å². The molecule has 0 spiro atoms. The summed E-state index contributed by atoms with van der Waals surface area (Å²) >= 11 is 46.7. The molecule has 4 aliphatic heterocycles. The Morgan fingerprint density at radius 1 is 0.250 bits per heavy atom. The molecule has 0 bridgehead atoms. The van der Waals surface area contributed by atoms with Crippen LogP contribution in [0.25, 0.3) is 40.3 Å². The number of benzene rings is 4.